The van der Waals surface area contributed by atoms with Gasteiger partial charge in [-0.05, 0) is 54.8 Å². The van der Waals surface area contributed by atoms with Crippen molar-refractivity contribution in [2.45, 2.75) is 74.7 Å². The zero-order valence-corrected chi connectivity index (χ0v) is 32.5. The number of sulfonamides is 2. The van der Waals surface area contributed by atoms with E-state index in [-0.39, 0.29) is 49.3 Å². The van der Waals surface area contributed by atoms with Gasteiger partial charge in [0.1, 0.15) is 12.2 Å². The van der Waals surface area contributed by atoms with Crippen LogP contribution in [0, 0.1) is 13.8 Å². The van der Waals surface area contributed by atoms with Crippen LogP contribution in [-0.4, -0.2) is 69.4 Å². The lowest BCUT2D eigenvalue weighted by molar-refractivity contribution is -0.0866. The predicted octanol–water partition coefficient (Wildman–Crippen LogP) is 7.14. The van der Waals surface area contributed by atoms with Crippen molar-refractivity contribution in [3.8, 4) is 0 Å². The van der Waals surface area contributed by atoms with E-state index in [0.29, 0.717) is 0 Å². The predicted molar refractivity (Wildman–Crippen MR) is 210 cm³/mol. The van der Waals surface area contributed by atoms with Gasteiger partial charge in [-0.2, -0.15) is 8.61 Å². The van der Waals surface area contributed by atoms with E-state index in [1.165, 1.54) is 8.61 Å². The van der Waals surface area contributed by atoms with Gasteiger partial charge in [-0.25, -0.2) is 16.8 Å². The molecule has 11 heteroatoms. The van der Waals surface area contributed by atoms with Gasteiger partial charge in [-0.1, -0.05) is 133 Å². The van der Waals surface area contributed by atoms with Crippen LogP contribution in [0.15, 0.2) is 149 Å². The summed E-state index contributed by atoms with van der Waals surface area (Å²) in [7, 11) is -8.32. The summed E-state index contributed by atoms with van der Waals surface area (Å²) in [4.78, 5) is 0.211. The van der Waals surface area contributed by atoms with E-state index in [2.05, 4.69) is 0 Å². The number of nitrogens with zero attached hydrogens (tertiary/aromatic N) is 2. The summed E-state index contributed by atoms with van der Waals surface area (Å²) in [5.41, 5.74) is 4.55. The summed E-state index contributed by atoms with van der Waals surface area (Å²) >= 11 is 0. The first-order valence-electron chi connectivity index (χ1n) is 18.2. The van der Waals surface area contributed by atoms with Gasteiger partial charge >= 0.3 is 0 Å². The molecule has 0 aliphatic carbocycles. The summed E-state index contributed by atoms with van der Waals surface area (Å²) in [5.74, 6) is 0. The normalized spacial score (nSPS) is 19.3. The van der Waals surface area contributed by atoms with Gasteiger partial charge < -0.3 is 14.2 Å². The summed E-state index contributed by atoms with van der Waals surface area (Å²) in [6, 6.07) is 40.4. The highest BCUT2D eigenvalue weighted by Crippen LogP contribution is 2.38. The highest BCUT2D eigenvalue weighted by atomic mass is 32.2. The molecule has 1 aliphatic rings. The van der Waals surface area contributed by atoms with Crippen LogP contribution in [0.4, 0.5) is 0 Å². The van der Waals surface area contributed by atoms with Crippen molar-refractivity contribution >= 4 is 20.0 Å². The molecular weight excluding hydrogens is 721 g/mol. The standard InChI is InChI=1S/C43H48N2O7S2/c1-4-44(53(46,47)38-24-20-33(2)21-25-38)28-40-42(51-30-36-16-10-6-11-17-36)43(52-31-37-18-12-7-13-19-37)41(32-50-29-35-14-8-5-9-15-35)45(40)54(48,49)39-26-22-34(3)23-27-39/h5-27,40-43H,4,28-32H2,1-3H3/t40-,41-,42+,43+/m0/s1. The minimum absolute atomic E-state index is 0.0298. The highest BCUT2D eigenvalue weighted by molar-refractivity contribution is 7.89. The molecule has 0 amide bonds. The van der Waals surface area contributed by atoms with Crippen LogP contribution in [0.3, 0.4) is 0 Å². The second-order valence-electron chi connectivity index (χ2n) is 13.6. The molecule has 1 saturated heterocycles. The lowest BCUT2D eigenvalue weighted by Crippen LogP contribution is -2.51. The number of benzene rings is 5. The average molecular weight is 769 g/mol. The van der Waals surface area contributed by atoms with Gasteiger partial charge in [-0.15, -0.1) is 0 Å². The Hall–Kier alpha value is -4.20. The first-order valence-corrected chi connectivity index (χ1v) is 21.1. The number of hydrogen-bond acceptors (Lipinski definition) is 7. The Kier molecular flexibility index (Phi) is 13.1. The molecule has 6 rings (SSSR count). The van der Waals surface area contributed by atoms with Gasteiger partial charge in [0.25, 0.3) is 0 Å². The zero-order valence-electron chi connectivity index (χ0n) is 30.9. The maximum absolute atomic E-state index is 15.1. The van der Waals surface area contributed by atoms with E-state index in [1.807, 2.05) is 105 Å². The molecule has 284 valence electrons. The third kappa shape index (κ3) is 9.35. The van der Waals surface area contributed by atoms with Gasteiger partial charge in [-0.3, -0.25) is 0 Å². The van der Waals surface area contributed by atoms with Crippen molar-refractivity contribution in [2.24, 2.45) is 0 Å². The van der Waals surface area contributed by atoms with Crippen LogP contribution in [0.25, 0.3) is 0 Å². The van der Waals surface area contributed by atoms with E-state index in [1.54, 1.807) is 55.5 Å². The fourth-order valence-corrected chi connectivity index (χ4v) is 10.1. The minimum Gasteiger partial charge on any atom is -0.375 e. The van der Waals surface area contributed by atoms with Crippen molar-refractivity contribution < 1.29 is 31.0 Å². The molecule has 0 radical (unpaired) electrons. The maximum Gasteiger partial charge on any atom is 0.243 e. The van der Waals surface area contributed by atoms with Crippen LogP contribution in [-0.2, 0) is 54.1 Å². The first-order chi connectivity index (χ1) is 26.1. The van der Waals surface area contributed by atoms with Crippen molar-refractivity contribution in [1.82, 2.24) is 8.61 Å². The molecule has 0 bridgehead atoms. The quantitative estimate of drug-likeness (QED) is 0.0991. The van der Waals surface area contributed by atoms with Gasteiger partial charge in [0, 0.05) is 13.1 Å². The second kappa shape index (κ2) is 18.0. The lowest BCUT2D eigenvalue weighted by atomic mass is 10.1. The molecule has 1 fully saturated rings. The third-order valence-electron chi connectivity index (χ3n) is 9.71. The van der Waals surface area contributed by atoms with Crippen LogP contribution in [0.5, 0.6) is 0 Å². The van der Waals surface area contributed by atoms with Gasteiger partial charge in [0.05, 0.1) is 48.3 Å². The molecule has 54 heavy (non-hydrogen) atoms. The number of ether oxygens (including phenoxy) is 3. The summed E-state index contributed by atoms with van der Waals surface area (Å²) in [5, 5.41) is 0. The molecule has 0 unspecified atom stereocenters. The largest absolute Gasteiger partial charge is 0.375 e. The van der Waals surface area contributed by atoms with Gasteiger partial charge in [0.15, 0.2) is 0 Å². The topological polar surface area (TPSA) is 102 Å². The van der Waals surface area contributed by atoms with Crippen LogP contribution in [0.2, 0.25) is 0 Å². The van der Waals surface area contributed by atoms with Crippen molar-refractivity contribution in [2.75, 3.05) is 19.7 Å². The van der Waals surface area contributed by atoms with E-state index < -0.39 is 44.3 Å². The van der Waals surface area contributed by atoms with E-state index in [0.717, 1.165) is 27.8 Å². The van der Waals surface area contributed by atoms with Crippen LogP contribution < -0.4 is 0 Å². The average Bonchev–Trinajstić information content (AvgIpc) is 3.48. The number of likely N-dealkylation sites (N-methyl/N-ethyl adjacent to an activating group) is 1. The molecule has 0 spiro atoms. The zero-order chi connectivity index (χ0) is 38.1. The van der Waals surface area contributed by atoms with Crippen molar-refractivity contribution in [3.63, 3.8) is 0 Å². The Morgan fingerprint density at radius 2 is 0.981 bits per heavy atom. The number of rotatable bonds is 17. The number of aryl methyl sites for hydroxylation is 2. The SMILES string of the molecule is CCN(C[C@H]1[C@@H](OCc2ccccc2)[C@H](OCc2ccccc2)[C@H](COCc2ccccc2)N1S(=O)(=O)c1ccc(C)cc1)S(=O)(=O)c1ccc(C)cc1. The molecule has 0 N–H and O–H groups in total. The Balaban J connectivity index is 1.46. The third-order valence-corrected chi connectivity index (χ3v) is 13.6. The molecule has 5 aromatic carbocycles. The Labute approximate surface area is 320 Å². The molecule has 0 aromatic heterocycles. The minimum atomic E-state index is -4.28. The molecule has 5 aromatic rings. The molecule has 1 aliphatic heterocycles. The summed E-state index contributed by atoms with van der Waals surface area (Å²) in [6.07, 6.45) is -1.72. The first kappa shape index (κ1) is 39.5. The monoisotopic (exact) mass is 768 g/mol. The van der Waals surface area contributed by atoms with Crippen LogP contribution >= 0.6 is 0 Å². The van der Waals surface area contributed by atoms with E-state index in [4.69, 9.17) is 14.2 Å². The Morgan fingerprint density at radius 1 is 0.556 bits per heavy atom. The Bertz CT molecular complexity index is 2140. The van der Waals surface area contributed by atoms with E-state index >= 15 is 8.42 Å². The highest BCUT2D eigenvalue weighted by Gasteiger charge is 2.56. The molecule has 0 saturated carbocycles. The van der Waals surface area contributed by atoms with Crippen molar-refractivity contribution in [3.05, 3.63) is 167 Å². The summed E-state index contributed by atoms with van der Waals surface area (Å²) in [6.45, 7) is 6.00. The molecular formula is C43H48N2O7S2. The van der Waals surface area contributed by atoms with Crippen LogP contribution in [0.1, 0.15) is 34.7 Å². The molecule has 1 heterocycles. The number of hydrogen-bond donors (Lipinski definition) is 0. The molecule has 9 nitrogen and oxygen atoms in total. The fourth-order valence-electron chi connectivity index (χ4n) is 6.80. The smallest absolute Gasteiger partial charge is 0.243 e. The lowest BCUT2D eigenvalue weighted by Gasteiger charge is -2.33. The van der Waals surface area contributed by atoms with Crippen molar-refractivity contribution in [1.29, 1.82) is 0 Å². The fraction of sp³-hybridized carbons (Fsp3) is 0.302. The van der Waals surface area contributed by atoms with E-state index in [9.17, 15) is 8.42 Å². The molecule has 4 atom stereocenters. The van der Waals surface area contributed by atoms with Gasteiger partial charge in [0.2, 0.25) is 20.0 Å². The Morgan fingerprint density at radius 3 is 1.44 bits per heavy atom. The second-order valence-corrected chi connectivity index (χ2v) is 17.4. The summed E-state index contributed by atoms with van der Waals surface area (Å²) < 4.78 is 81.2. The maximum atomic E-state index is 15.1.